The van der Waals surface area contributed by atoms with Gasteiger partial charge in [0.2, 0.25) is 0 Å². The molecule has 5 nitrogen and oxygen atoms in total. The Kier molecular flexibility index (Phi) is 3.75. The number of piperidine rings is 1. The number of fused-ring (bicyclic) bond motifs is 1. The summed E-state index contributed by atoms with van der Waals surface area (Å²) in [6, 6.07) is 4.39. The first-order valence-corrected chi connectivity index (χ1v) is 7.03. The SMILES string of the molecule is OCCn1c(CC2CCCCN2)nc2cccnc21. The number of nitrogens with one attached hydrogen (secondary N) is 1. The van der Waals surface area contributed by atoms with Gasteiger partial charge in [-0.3, -0.25) is 0 Å². The fourth-order valence-electron chi connectivity index (χ4n) is 2.81. The molecule has 2 aromatic heterocycles. The number of aliphatic hydroxyl groups is 1. The number of aromatic nitrogens is 3. The van der Waals surface area contributed by atoms with E-state index in [0.29, 0.717) is 12.6 Å². The predicted molar refractivity (Wildman–Crippen MR) is 74.0 cm³/mol. The number of nitrogens with zero attached hydrogens (tertiary/aromatic N) is 3. The molecule has 0 saturated carbocycles. The maximum absolute atomic E-state index is 9.24. The number of pyridine rings is 1. The molecule has 1 aliphatic rings. The standard InChI is InChI=1S/C14H20N4O/c19-9-8-18-13(10-11-4-1-2-6-15-11)17-12-5-3-7-16-14(12)18/h3,5,7,11,15,19H,1-2,4,6,8-10H2. The van der Waals surface area contributed by atoms with Crippen LogP contribution in [0.1, 0.15) is 25.1 Å². The molecule has 0 bridgehead atoms. The second-order valence-electron chi connectivity index (χ2n) is 5.10. The quantitative estimate of drug-likeness (QED) is 0.864. The summed E-state index contributed by atoms with van der Waals surface area (Å²) in [7, 11) is 0. The third-order valence-corrected chi connectivity index (χ3v) is 3.75. The Bertz CT molecular complexity index is 545. The average Bonchev–Trinajstić information content (AvgIpc) is 2.79. The van der Waals surface area contributed by atoms with Crippen molar-refractivity contribution in [3.8, 4) is 0 Å². The van der Waals surface area contributed by atoms with Gasteiger partial charge in [-0.2, -0.15) is 0 Å². The van der Waals surface area contributed by atoms with Crippen molar-refractivity contribution in [1.82, 2.24) is 19.9 Å². The van der Waals surface area contributed by atoms with Crippen molar-refractivity contribution in [2.75, 3.05) is 13.2 Å². The molecule has 1 unspecified atom stereocenters. The zero-order valence-electron chi connectivity index (χ0n) is 11.0. The highest BCUT2D eigenvalue weighted by atomic mass is 16.3. The molecule has 0 aromatic carbocycles. The lowest BCUT2D eigenvalue weighted by Crippen LogP contribution is -2.36. The largest absolute Gasteiger partial charge is 0.395 e. The highest BCUT2D eigenvalue weighted by Crippen LogP contribution is 2.17. The number of hydrogen-bond acceptors (Lipinski definition) is 4. The molecule has 0 amide bonds. The van der Waals surface area contributed by atoms with Crippen molar-refractivity contribution in [2.24, 2.45) is 0 Å². The van der Waals surface area contributed by atoms with Crippen LogP contribution in [0, 0.1) is 0 Å². The molecule has 2 N–H and O–H groups in total. The molecular weight excluding hydrogens is 240 g/mol. The topological polar surface area (TPSA) is 63.0 Å². The summed E-state index contributed by atoms with van der Waals surface area (Å²) in [5.41, 5.74) is 1.80. The van der Waals surface area contributed by atoms with E-state index in [4.69, 9.17) is 0 Å². The summed E-state index contributed by atoms with van der Waals surface area (Å²) < 4.78 is 2.05. The molecule has 1 fully saturated rings. The summed E-state index contributed by atoms with van der Waals surface area (Å²) in [5, 5.41) is 12.8. The normalized spacial score (nSPS) is 19.9. The Morgan fingerprint density at radius 2 is 2.37 bits per heavy atom. The molecule has 3 heterocycles. The van der Waals surface area contributed by atoms with Crippen LogP contribution >= 0.6 is 0 Å². The Labute approximate surface area is 112 Å². The smallest absolute Gasteiger partial charge is 0.160 e. The van der Waals surface area contributed by atoms with Crippen LogP contribution in [0.25, 0.3) is 11.2 Å². The van der Waals surface area contributed by atoms with Gasteiger partial charge in [0.15, 0.2) is 5.65 Å². The van der Waals surface area contributed by atoms with Crippen LogP contribution in [0.15, 0.2) is 18.3 Å². The second kappa shape index (κ2) is 5.67. The van der Waals surface area contributed by atoms with Crippen LogP contribution in [0.5, 0.6) is 0 Å². The Morgan fingerprint density at radius 3 is 3.16 bits per heavy atom. The van der Waals surface area contributed by atoms with Gasteiger partial charge in [0.1, 0.15) is 11.3 Å². The van der Waals surface area contributed by atoms with Crippen LogP contribution in [-0.2, 0) is 13.0 Å². The molecule has 1 atom stereocenters. The van der Waals surface area contributed by atoms with E-state index in [1.165, 1.54) is 19.3 Å². The van der Waals surface area contributed by atoms with Gasteiger partial charge in [-0.25, -0.2) is 9.97 Å². The molecule has 1 aliphatic heterocycles. The molecule has 102 valence electrons. The van der Waals surface area contributed by atoms with Gasteiger partial charge < -0.3 is 15.0 Å². The molecule has 0 spiro atoms. The lowest BCUT2D eigenvalue weighted by Gasteiger charge is -2.23. The summed E-state index contributed by atoms with van der Waals surface area (Å²) in [4.78, 5) is 9.06. The van der Waals surface area contributed by atoms with Crippen molar-refractivity contribution in [3.63, 3.8) is 0 Å². The summed E-state index contributed by atoms with van der Waals surface area (Å²) >= 11 is 0. The van der Waals surface area contributed by atoms with Crippen molar-refractivity contribution in [3.05, 3.63) is 24.2 Å². The summed E-state index contributed by atoms with van der Waals surface area (Å²) in [6.07, 6.45) is 6.45. The lowest BCUT2D eigenvalue weighted by atomic mass is 10.0. The molecule has 1 saturated heterocycles. The molecule has 19 heavy (non-hydrogen) atoms. The van der Waals surface area contributed by atoms with Crippen LogP contribution in [0.3, 0.4) is 0 Å². The molecular formula is C14H20N4O. The first kappa shape index (κ1) is 12.6. The number of hydrogen-bond donors (Lipinski definition) is 2. The van der Waals surface area contributed by atoms with E-state index in [1.54, 1.807) is 6.20 Å². The molecule has 0 aliphatic carbocycles. The van der Waals surface area contributed by atoms with E-state index in [9.17, 15) is 5.11 Å². The van der Waals surface area contributed by atoms with Crippen LogP contribution in [0.4, 0.5) is 0 Å². The maximum Gasteiger partial charge on any atom is 0.160 e. The lowest BCUT2D eigenvalue weighted by molar-refractivity contribution is 0.274. The van der Waals surface area contributed by atoms with Gasteiger partial charge in [0.25, 0.3) is 0 Å². The second-order valence-corrected chi connectivity index (χ2v) is 5.10. The summed E-state index contributed by atoms with van der Waals surface area (Å²) in [5.74, 6) is 1.03. The Morgan fingerprint density at radius 1 is 1.42 bits per heavy atom. The van der Waals surface area contributed by atoms with Gasteiger partial charge in [0, 0.05) is 25.2 Å². The molecule has 5 heteroatoms. The maximum atomic E-state index is 9.24. The molecule has 0 radical (unpaired) electrons. The number of aliphatic hydroxyl groups excluding tert-OH is 1. The number of imidazole rings is 1. The minimum atomic E-state index is 0.118. The number of rotatable bonds is 4. The fraction of sp³-hybridized carbons (Fsp3) is 0.571. The predicted octanol–water partition coefficient (Wildman–Crippen LogP) is 1.11. The Hall–Kier alpha value is -1.46. The third kappa shape index (κ3) is 2.62. The highest BCUT2D eigenvalue weighted by molar-refractivity contribution is 5.71. The van der Waals surface area contributed by atoms with Crippen LogP contribution < -0.4 is 5.32 Å². The summed E-state index contributed by atoms with van der Waals surface area (Å²) in [6.45, 7) is 1.78. The van der Waals surface area contributed by atoms with E-state index in [0.717, 1.165) is 30.0 Å². The van der Waals surface area contributed by atoms with Gasteiger partial charge in [-0.1, -0.05) is 6.42 Å². The molecule has 2 aromatic rings. The van der Waals surface area contributed by atoms with Gasteiger partial charge >= 0.3 is 0 Å². The molecule has 3 rings (SSSR count). The minimum Gasteiger partial charge on any atom is -0.395 e. The van der Waals surface area contributed by atoms with Crippen molar-refractivity contribution >= 4 is 11.2 Å². The zero-order chi connectivity index (χ0) is 13.1. The van der Waals surface area contributed by atoms with Crippen molar-refractivity contribution in [1.29, 1.82) is 0 Å². The van der Waals surface area contributed by atoms with E-state index < -0.39 is 0 Å². The fourth-order valence-corrected chi connectivity index (χ4v) is 2.81. The Balaban J connectivity index is 1.90. The highest BCUT2D eigenvalue weighted by Gasteiger charge is 2.18. The van der Waals surface area contributed by atoms with Gasteiger partial charge in [0.05, 0.1) is 6.61 Å². The van der Waals surface area contributed by atoms with Crippen LogP contribution in [-0.4, -0.2) is 38.8 Å². The van der Waals surface area contributed by atoms with E-state index in [2.05, 4.69) is 15.3 Å². The van der Waals surface area contributed by atoms with Crippen molar-refractivity contribution < 1.29 is 5.11 Å². The van der Waals surface area contributed by atoms with Gasteiger partial charge in [-0.05, 0) is 31.5 Å². The average molecular weight is 260 g/mol. The first-order chi connectivity index (χ1) is 9.38. The van der Waals surface area contributed by atoms with E-state index in [1.807, 2.05) is 16.7 Å². The zero-order valence-corrected chi connectivity index (χ0v) is 11.0. The third-order valence-electron chi connectivity index (χ3n) is 3.75. The monoisotopic (exact) mass is 260 g/mol. The van der Waals surface area contributed by atoms with E-state index >= 15 is 0 Å². The minimum absolute atomic E-state index is 0.118. The van der Waals surface area contributed by atoms with Crippen molar-refractivity contribution in [2.45, 2.75) is 38.3 Å². The first-order valence-electron chi connectivity index (χ1n) is 7.03. The van der Waals surface area contributed by atoms with Gasteiger partial charge in [-0.15, -0.1) is 0 Å². The van der Waals surface area contributed by atoms with Crippen LogP contribution in [0.2, 0.25) is 0 Å². The van der Waals surface area contributed by atoms with E-state index in [-0.39, 0.29) is 6.61 Å².